The molecule has 0 heterocycles. The Morgan fingerprint density at radius 2 is 1.90 bits per heavy atom. The molecule has 20 heavy (non-hydrogen) atoms. The molecule has 0 saturated heterocycles. The number of carboxylic acids is 1. The molecule has 0 aromatic heterocycles. The van der Waals surface area contributed by atoms with Crippen molar-refractivity contribution in [2.75, 3.05) is 5.32 Å². The van der Waals surface area contributed by atoms with Crippen LogP contribution in [0, 0.1) is 15.9 Å². The summed E-state index contributed by atoms with van der Waals surface area (Å²) in [6.45, 7) is 2.43. The number of nitrogens with zero attached hydrogens (tertiary/aromatic N) is 1. The van der Waals surface area contributed by atoms with Gasteiger partial charge in [-0.25, -0.2) is 9.18 Å². The number of halogens is 1. The topological polar surface area (TPSA) is 110 Å². The molecular weight excluding hydrogens is 271 g/mol. The first-order chi connectivity index (χ1) is 9.25. The van der Waals surface area contributed by atoms with Crippen molar-refractivity contribution in [2.45, 2.75) is 13.8 Å². The summed E-state index contributed by atoms with van der Waals surface area (Å²) in [5, 5.41) is 21.5. The van der Waals surface area contributed by atoms with Crippen LogP contribution in [-0.2, 0) is 9.59 Å². The fourth-order valence-corrected chi connectivity index (χ4v) is 1.33. The van der Waals surface area contributed by atoms with E-state index in [-0.39, 0.29) is 11.1 Å². The van der Waals surface area contributed by atoms with Crippen molar-refractivity contribution in [2.24, 2.45) is 0 Å². The highest BCUT2D eigenvalue weighted by Gasteiger charge is 2.21. The monoisotopic (exact) mass is 282 g/mol. The van der Waals surface area contributed by atoms with Gasteiger partial charge in [0.15, 0.2) is 11.5 Å². The molecular formula is C12H11FN2O5. The summed E-state index contributed by atoms with van der Waals surface area (Å²) >= 11 is 0. The molecule has 106 valence electrons. The number of carbonyl (C=O) groups excluding carboxylic acids is 1. The average molecular weight is 282 g/mol. The van der Waals surface area contributed by atoms with Crippen LogP contribution in [0.3, 0.4) is 0 Å². The first-order valence-corrected chi connectivity index (χ1v) is 5.40. The zero-order valence-electron chi connectivity index (χ0n) is 10.6. The zero-order valence-corrected chi connectivity index (χ0v) is 10.6. The predicted molar refractivity (Wildman–Crippen MR) is 67.7 cm³/mol. The molecule has 2 N–H and O–H groups in total. The minimum absolute atomic E-state index is 0.171. The van der Waals surface area contributed by atoms with E-state index in [1.54, 1.807) is 0 Å². The highest BCUT2D eigenvalue weighted by atomic mass is 19.1. The van der Waals surface area contributed by atoms with Gasteiger partial charge in [-0.05, 0) is 19.9 Å². The Balaban J connectivity index is 3.18. The summed E-state index contributed by atoms with van der Waals surface area (Å²) in [5.41, 5.74) is -1.62. The molecule has 0 unspecified atom stereocenters. The molecule has 0 spiro atoms. The molecule has 0 fully saturated rings. The molecule has 7 nitrogen and oxygen atoms in total. The van der Waals surface area contributed by atoms with Crippen LogP contribution in [-0.4, -0.2) is 21.9 Å². The first kappa shape index (κ1) is 15.3. The van der Waals surface area contributed by atoms with Gasteiger partial charge in [-0.15, -0.1) is 0 Å². The average Bonchev–Trinajstić information content (AvgIpc) is 2.38. The van der Waals surface area contributed by atoms with E-state index in [4.69, 9.17) is 5.11 Å². The summed E-state index contributed by atoms with van der Waals surface area (Å²) in [4.78, 5) is 32.4. The molecule has 1 aromatic rings. The third-order valence-corrected chi connectivity index (χ3v) is 2.65. The van der Waals surface area contributed by atoms with Crippen LogP contribution in [0.25, 0.3) is 0 Å². The Hall–Kier alpha value is -2.77. The maximum absolute atomic E-state index is 13.5. The number of para-hydroxylation sites is 1. The fraction of sp³-hybridized carbons (Fsp3) is 0.167. The van der Waals surface area contributed by atoms with Gasteiger partial charge in [0.25, 0.3) is 11.6 Å². The number of amides is 1. The largest absolute Gasteiger partial charge is 0.478 e. The van der Waals surface area contributed by atoms with Crippen LogP contribution in [0.2, 0.25) is 0 Å². The Morgan fingerprint density at radius 1 is 1.30 bits per heavy atom. The predicted octanol–water partition coefficient (Wildman–Crippen LogP) is 2.09. The smallest absolute Gasteiger partial charge is 0.331 e. The van der Waals surface area contributed by atoms with Crippen molar-refractivity contribution in [1.82, 2.24) is 0 Å². The number of nitro groups is 1. The molecule has 0 radical (unpaired) electrons. The number of carboxylic acid groups (broad SMARTS) is 1. The lowest BCUT2D eigenvalue weighted by Crippen LogP contribution is -2.17. The number of nitro benzene ring substituents is 1. The normalized spacial score (nSPS) is 11.6. The Bertz CT molecular complexity index is 624. The fourth-order valence-electron chi connectivity index (χ4n) is 1.33. The minimum atomic E-state index is -1.30. The van der Waals surface area contributed by atoms with Gasteiger partial charge in [0.1, 0.15) is 0 Å². The van der Waals surface area contributed by atoms with Crippen LogP contribution in [0.5, 0.6) is 0 Å². The van der Waals surface area contributed by atoms with Crippen LogP contribution in [0.4, 0.5) is 15.8 Å². The summed E-state index contributed by atoms with van der Waals surface area (Å²) in [7, 11) is 0. The standard InChI is InChI=1S/C12H11FN2O5/c1-6(7(2)12(17)18)11(16)14-10-8(13)4-3-5-9(10)15(19)20/h3-5H,1-2H3,(H,14,16)(H,17,18)/b7-6+. The summed E-state index contributed by atoms with van der Waals surface area (Å²) in [5.74, 6) is -3.20. The van der Waals surface area contributed by atoms with E-state index >= 15 is 0 Å². The van der Waals surface area contributed by atoms with E-state index in [0.29, 0.717) is 0 Å². The third kappa shape index (κ3) is 3.16. The molecule has 1 rings (SSSR count). The molecule has 1 amide bonds. The third-order valence-electron chi connectivity index (χ3n) is 2.65. The summed E-state index contributed by atoms with van der Waals surface area (Å²) < 4.78 is 13.5. The maximum Gasteiger partial charge on any atom is 0.331 e. The molecule has 0 aliphatic rings. The summed E-state index contributed by atoms with van der Waals surface area (Å²) in [6.07, 6.45) is 0. The van der Waals surface area contributed by atoms with E-state index in [0.717, 1.165) is 18.2 Å². The lowest BCUT2D eigenvalue weighted by Gasteiger charge is -2.08. The molecule has 0 aliphatic carbocycles. The van der Waals surface area contributed by atoms with Crippen LogP contribution >= 0.6 is 0 Å². The van der Waals surface area contributed by atoms with Gasteiger partial charge in [0.2, 0.25) is 0 Å². The lowest BCUT2D eigenvalue weighted by molar-refractivity contribution is -0.384. The highest BCUT2D eigenvalue weighted by Crippen LogP contribution is 2.27. The SMILES string of the molecule is C/C(C(=O)O)=C(/C)C(=O)Nc1c(F)cccc1[N+](=O)[O-]. The van der Waals surface area contributed by atoms with Crippen LogP contribution in [0.1, 0.15) is 13.8 Å². The Labute approximate surface area is 112 Å². The van der Waals surface area contributed by atoms with Gasteiger partial charge in [0, 0.05) is 17.2 Å². The van der Waals surface area contributed by atoms with Crippen molar-refractivity contribution >= 4 is 23.3 Å². The van der Waals surface area contributed by atoms with E-state index < -0.39 is 34.0 Å². The Kier molecular flexibility index (Phi) is 4.52. The quantitative estimate of drug-likeness (QED) is 0.499. The van der Waals surface area contributed by atoms with Crippen molar-refractivity contribution in [3.05, 3.63) is 45.3 Å². The van der Waals surface area contributed by atoms with E-state index in [9.17, 15) is 24.1 Å². The van der Waals surface area contributed by atoms with Gasteiger partial charge in [-0.3, -0.25) is 14.9 Å². The molecule has 0 bridgehead atoms. The second kappa shape index (κ2) is 5.91. The number of rotatable bonds is 4. The van der Waals surface area contributed by atoms with Crippen molar-refractivity contribution in [3.63, 3.8) is 0 Å². The summed E-state index contributed by atoms with van der Waals surface area (Å²) in [6, 6.07) is 3.11. The van der Waals surface area contributed by atoms with Gasteiger partial charge in [0.05, 0.1) is 4.92 Å². The number of aliphatic carboxylic acids is 1. The van der Waals surface area contributed by atoms with Crippen molar-refractivity contribution < 1.29 is 24.0 Å². The van der Waals surface area contributed by atoms with Crippen molar-refractivity contribution in [3.8, 4) is 0 Å². The number of carbonyl (C=O) groups is 2. The van der Waals surface area contributed by atoms with Crippen molar-refractivity contribution in [1.29, 1.82) is 0 Å². The second-order valence-corrected chi connectivity index (χ2v) is 3.90. The van der Waals surface area contributed by atoms with Gasteiger partial charge >= 0.3 is 5.97 Å². The second-order valence-electron chi connectivity index (χ2n) is 3.90. The maximum atomic E-state index is 13.5. The molecule has 8 heteroatoms. The van der Waals surface area contributed by atoms with Gasteiger partial charge < -0.3 is 10.4 Å². The van der Waals surface area contributed by atoms with E-state index in [2.05, 4.69) is 0 Å². The number of benzene rings is 1. The number of hydrogen-bond acceptors (Lipinski definition) is 4. The lowest BCUT2D eigenvalue weighted by atomic mass is 10.1. The van der Waals surface area contributed by atoms with Crippen LogP contribution < -0.4 is 5.32 Å². The minimum Gasteiger partial charge on any atom is -0.478 e. The van der Waals surface area contributed by atoms with Gasteiger partial charge in [-0.1, -0.05) is 6.07 Å². The zero-order chi connectivity index (χ0) is 15.4. The van der Waals surface area contributed by atoms with Gasteiger partial charge in [-0.2, -0.15) is 0 Å². The number of nitrogens with one attached hydrogen (secondary N) is 1. The molecule has 1 aromatic carbocycles. The molecule has 0 atom stereocenters. The van der Waals surface area contributed by atoms with E-state index in [1.165, 1.54) is 13.8 Å². The number of anilines is 1. The number of hydrogen-bond donors (Lipinski definition) is 2. The van der Waals surface area contributed by atoms with Crippen LogP contribution in [0.15, 0.2) is 29.3 Å². The van der Waals surface area contributed by atoms with E-state index in [1.807, 2.05) is 5.32 Å². The first-order valence-electron chi connectivity index (χ1n) is 5.40. The molecule has 0 saturated carbocycles. The Morgan fingerprint density at radius 3 is 2.40 bits per heavy atom. The molecule has 0 aliphatic heterocycles. The highest BCUT2D eigenvalue weighted by molar-refractivity contribution is 6.08.